The maximum atomic E-state index is 13.2. The van der Waals surface area contributed by atoms with E-state index in [-0.39, 0.29) is 11.4 Å². The number of aromatic amines is 1. The Morgan fingerprint density at radius 2 is 2.00 bits per heavy atom. The molecule has 0 spiro atoms. The number of nitrogens with zero attached hydrogens (tertiary/aromatic N) is 3. The molecule has 1 aliphatic rings. The average molecular weight is 342 g/mol. The van der Waals surface area contributed by atoms with Gasteiger partial charge in [-0.25, -0.2) is 9.49 Å². The fourth-order valence-corrected chi connectivity index (χ4v) is 3.30. The quantitative estimate of drug-likeness (QED) is 0.927. The molecule has 25 heavy (non-hydrogen) atoms. The van der Waals surface area contributed by atoms with Crippen molar-refractivity contribution in [2.24, 2.45) is 0 Å². The predicted molar refractivity (Wildman–Crippen MR) is 98.3 cm³/mol. The number of aromatic nitrogens is 2. The zero-order valence-corrected chi connectivity index (χ0v) is 14.7. The number of hydrogen-bond acceptors (Lipinski definition) is 4. The Morgan fingerprint density at radius 1 is 1.28 bits per heavy atom. The summed E-state index contributed by atoms with van der Waals surface area (Å²) in [6.07, 6.45) is 1.67. The molecular formula is C19H23FN4O. The van der Waals surface area contributed by atoms with Crippen LogP contribution < -0.4 is 10.5 Å². The molecule has 0 bridgehead atoms. The van der Waals surface area contributed by atoms with E-state index in [4.69, 9.17) is 0 Å². The molecule has 1 aliphatic heterocycles. The minimum absolute atomic E-state index is 0.162. The van der Waals surface area contributed by atoms with Crippen LogP contribution in [0.3, 0.4) is 0 Å². The number of aryl methyl sites for hydroxylation is 1. The maximum absolute atomic E-state index is 13.2. The van der Waals surface area contributed by atoms with Crippen LogP contribution in [0.15, 0.2) is 29.6 Å². The second kappa shape index (κ2) is 7.19. The molecule has 2 aromatic rings. The molecule has 0 atom stereocenters. The molecule has 0 unspecified atom stereocenters. The van der Waals surface area contributed by atoms with Gasteiger partial charge in [0.2, 0.25) is 0 Å². The molecule has 0 saturated carbocycles. The van der Waals surface area contributed by atoms with Crippen molar-refractivity contribution in [2.75, 3.05) is 31.1 Å². The van der Waals surface area contributed by atoms with Gasteiger partial charge in [-0.2, -0.15) is 5.10 Å². The zero-order chi connectivity index (χ0) is 18.0. The van der Waals surface area contributed by atoms with Crippen molar-refractivity contribution in [3.05, 3.63) is 63.3 Å². The van der Waals surface area contributed by atoms with Crippen LogP contribution in [0.2, 0.25) is 0 Å². The number of H-pyrrole nitrogens is 1. The van der Waals surface area contributed by atoms with Crippen LogP contribution in [0.25, 0.3) is 6.08 Å². The lowest BCUT2D eigenvalue weighted by Gasteiger charge is -2.37. The molecule has 5 nitrogen and oxygen atoms in total. The Balaban J connectivity index is 1.71. The number of piperazine rings is 1. The van der Waals surface area contributed by atoms with Crippen molar-refractivity contribution in [1.29, 1.82) is 0 Å². The first kappa shape index (κ1) is 17.4. The third kappa shape index (κ3) is 3.64. The van der Waals surface area contributed by atoms with E-state index in [9.17, 15) is 9.18 Å². The molecule has 1 N–H and O–H groups in total. The van der Waals surface area contributed by atoms with E-state index in [0.717, 1.165) is 49.5 Å². The van der Waals surface area contributed by atoms with Crippen LogP contribution in [0, 0.1) is 19.7 Å². The van der Waals surface area contributed by atoms with Gasteiger partial charge in [0.15, 0.2) is 0 Å². The summed E-state index contributed by atoms with van der Waals surface area (Å²) in [5.41, 5.74) is 4.22. The highest BCUT2D eigenvalue weighted by atomic mass is 19.1. The normalized spacial score (nSPS) is 15.4. The Kier molecular flexibility index (Phi) is 4.99. The smallest absolute Gasteiger partial charge is 0.269 e. The summed E-state index contributed by atoms with van der Waals surface area (Å²) in [6, 6.07) is 4.95. The van der Waals surface area contributed by atoms with Gasteiger partial charge >= 0.3 is 0 Å². The molecule has 1 fully saturated rings. The number of rotatable bonds is 4. The number of nitrogens with one attached hydrogen (secondary N) is 1. The fourth-order valence-electron chi connectivity index (χ4n) is 3.30. The van der Waals surface area contributed by atoms with E-state index in [1.54, 1.807) is 12.1 Å². The third-order valence-corrected chi connectivity index (χ3v) is 4.80. The van der Waals surface area contributed by atoms with Crippen LogP contribution in [0.5, 0.6) is 0 Å². The lowest BCUT2D eigenvalue weighted by Crippen LogP contribution is -2.47. The molecule has 3 rings (SSSR count). The number of halogens is 1. The van der Waals surface area contributed by atoms with Crippen molar-refractivity contribution in [2.45, 2.75) is 20.4 Å². The first-order chi connectivity index (χ1) is 12.0. The summed E-state index contributed by atoms with van der Waals surface area (Å²) in [5.74, 6) is -0.194. The number of hydrogen-bond donors (Lipinski definition) is 1. The lowest BCUT2D eigenvalue weighted by molar-refractivity contribution is 0.249. The van der Waals surface area contributed by atoms with Gasteiger partial charge in [0, 0.05) is 38.3 Å². The van der Waals surface area contributed by atoms with Gasteiger partial charge in [0.25, 0.3) is 5.56 Å². The topological polar surface area (TPSA) is 52.2 Å². The van der Waals surface area contributed by atoms with E-state index in [2.05, 4.69) is 26.6 Å². The first-order valence-electron chi connectivity index (χ1n) is 8.43. The van der Waals surface area contributed by atoms with Gasteiger partial charge in [-0.1, -0.05) is 12.6 Å². The van der Waals surface area contributed by atoms with Crippen molar-refractivity contribution < 1.29 is 4.39 Å². The van der Waals surface area contributed by atoms with Crippen molar-refractivity contribution in [1.82, 2.24) is 15.1 Å². The van der Waals surface area contributed by atoms with E-state index in [0.29, 0.717) is 11.3 Å². The highest BCUT2D eigenvalue weighted by molar-refractivity contribution is 5.66. The Morgan fingerprint density at radius 3 is 2.64 bits per heavy atom. The highest BCUT2D eigenvalue weighted by Crippen LogP contribution is 2.23. The molecule has 1 aromatic heterocycles. The Bertz CT molecular complexity index is 838. The second-order valence-corrected chi connectivity index (χ2v) is 6.45. The molecule has 0 amide bonds. The van der Waals surface area contributed by atoms with Crippen LogP contribution in [-0.2, 0) is 6.54 Å². The van der Waals surface area contributed by atoms with Crippen LogP contribution in [0.1, 0.15) is 22.4 Å². The van der Waals surface area contributed by atoms with Crippen molar-refractivity contribution in [3.8, 4) is 0 Å². The Hall–Kier alpha value is -2.47. The number of anilines is 1. The third-order valence-electron chi connectivity index (χ3n) is 4.80. The summed E-state index contributed by atoms with van der Waals surface area (Å²) < 4.78 is 13.2. The summed E-state index contributed by atoms with van der Waals surface area (Å²) in [5, 5.41) is 6.60. The fraction of sp³-hybridized carbons (Fsp3) is 0.368. The van der Waals surface area contributed by atoms with Crippen LogP contribution >= 0.6 is 0 Å². The largest absolute Gasteiger partial charge is 0.367 e. The molecular weight excluding hydrogens is 319 g/mol. The van der Waals surface area contributed by atoms with Gasteiger partial charge in [0.1, 0.15) is 11.5 Å². The molecule has 6 heteroatoms. The molecule has 0 aliphatic carbocycles. The van der Waals surface area contributed by atoms with E-state index >= 15 is 0 Å². The minimum Gasteiger partial charge on any atom is -0.367 e. The molecule has 2 heterocycles. The van der Waals surface area contributed by atoms with E-state index in [1.165, 1.54) is 6.07 Å². The van der Waals surface area contributed by atoms with Crippen molar-refractivity contribution >= 4 is 11.8 Å². The van der Waals surface area contributed by atoms with Crippen molar-refractivity contribution in [3.63, 3.8) is 0 Å². The average Bonchev–Trinajstić information content (AvgIpc) is 2.60. The molecule has 1 aromatic carbocycles. The van der Waals surface area contributed by atoms with Gasteiger partial charge in [-0.15, -0.1) is 0 Å². The molecule has 0 radical (unpaired) electrons. The van der Waals surface area contributed by atoms with Gasteiger partial charge in [-0.05, 0) is 43.2 Å². The predicted octanol–water partition coefficient (Wildman–Crippen LogP) is 2.49. The van der Waals surface area contributed by atoms with E-state index in [1.807, 2.05) is 19.9 Å². The van der Waals surface area contributed by atoms with Crippen LogP contribution in [0.4, 0.5) is 10.1 Å². The second-order valence-electron chi connectivity index (χ2n) is 6.45. The molecule has 1 saturated heterocycles. The number of benzene rings is 1. The summed E-state index contributed by atoms with van der Waals surface area (Å²) in [6.45, 7) is 11.7. The summed E-state index contributed by atoms with van der Waals surface area (Å²) in [4.78, 5) is 16.4. The monoisotopic (exact) mass is 342 g/mol. The SMILES string of the molecule is C=Cc1n[nH]c(=O)c(C)c1N1CCN(Cc2ccc(F)cc2C)CC1. The first-order valence-corrected chi connectivity index (χ1v) is 8.43. The van der Waals surface area contributed by atoms with Gasteiger partial charge in [-0.3, -0.25) is 9.69 Å². The van der Waals surface area contributed by atoms with Gasteiger partial charge < -0.3 is 4.90 Å². The lowest BCUT2D eigenvalue weighted by atomic mass is 10.1. The minimum atomic E-state index is -0.194. The summed E-state index contributed by atoms with van der Waals surface area (Å²) >= 11 is 0. The Labute approximate surface area is 146 Å². The highest BCUT2D eigenvalue weighted by Gasteiger charge is 2.22. The summed E-state index contributed by atoms with van der Waals surface area (Å²) in [7, 11) is 0. The molecule has 132 valence electrons. The van der Waals surface area contributed by atoms with E-state index < -0.39 is 0 Å². The zero-order valence-electron chi connectivity index (χ0n) is 14.7. The van der Waals surface area contributed by atoms with Crippen LogP contribution in [-0.4, -0.2) is 41.3 Å². The van der Waals surface area contributed by atoms with Gasteiger partial charge in [0.05, 0.1) is 5.69 Å². The maximum Gasteiger partial charge on any atom is 0.269 e. The standard InChI is InChI=1S/C19H23FN4O/c1-4-17-18(14(3)19(25)22-21-17)24-9-7-23(8-10-24)12-15-5-6-16(20)11-13(15)2/h4-6,11H,1,7-10,12H2,2-3H3,(H,22,25).